The highest BCUT2D eigenvalue weighted by Crippen LogP contribution is 2.43. The number of benzene rings is 9. The van der Waals surface area contributed by atoms with Crippen molar-refractivity contribution in [3.63, 3.8) is 0 Å². The summed E-state index contributed by atoms with van der Waals surface area (Å²) >= 11 is 0. The van der Waals surface area contributed by atoms with E-state index in [-0.39, 0.29) is 0 Å². The first-order valence-electron chi connectivity index (χ1n) is 18.1. The Labute approximate surface area is 306 Å². The van der Waals surface area contributed by atoms with Gasteiger partial charge in [-0.25, -0.2) is 0 Å². The Morgan fingerprint density at radius 2 is 1.02 bits per heavy atom. The molecule has 0 aliphatic carbocycles. The molecule has 11 rings (SSSR count). The molecule has 2 aromatic heterocycles. The number of furan rings is 1. The molecule has 3 nitrogen and oxygen atoms in total. The molecule has 53 heavy (non-hydrogen) atoms. The minimum atomic E-state index is 0.870. The molecule has 0 atom stereocenters. The first kappa shape index (κ1) is 29.6. The molecule has 0 spiro atoms. The van der Waals surface area contributed by atoms with Gasteiger partial charge in [-0.1, -0.05) is 121 Å². The molecule has 0 unspecified atom stereocenters. The fourth-order valence-corrected chi connectivity index (χ4v) is 8.26. The number of anilines is 3. The molecule has 2 heterocycles. The van der Waals surface area contributed by atoms with E-state index in [1.165, 1.54) is 49.0 Å². The van der Waals surface area contributed by atoms with Crippen LogP contribution in [0.2, 0.25) is 0 Å². The van der Waals surface area contributed by atoms with Crippen LogP contribution in [0.5, 0.6) is 0 Å². The Balaban J connectivity index is 1.15. The Hall–Kier alpha value is -7.10. The molecule has 3 heteroatoms. The molecule has 0 saturated carbocycles. The minimum absolute atomic E-state index is 0.870. The number of hydrogen-bond donors (Lipinski definition) is 0. The summed E-state index contributed by atoms with van der Waals surface area (Å²) in [6, 6.07) is 69.8. The Morgan fingerprint density at radius 1 is 0.358 bits per heavy atom. The van der Waals surface area contributed by atoms with Crippen molar-refractivity contribution >= 4 is 82.4 Å². The number of nitrogens with zero attached hydrogens (tertiary/aromatic N) is 2. The quantitative estimate of drug-likeness (QED) is 0.181. The van der Waals surface area contributed by atoms with Crippen molar-refractivity contribution in [1.29, 1.82) is 0 Å². The molecule has 0 aliphatic heterocycles. The van der Waals surface area contributed by atoms with Crippen molar-refractivity contribution in [2.24, 2.45) is 0 Å². The van der Waals surface area contributed by atoms with Gasteiger partial charge >= 0.3 is 0 Å². The fourth-order valence-electron chi connectivity index (χ4n) is 8.26. The maximum atomic E-state index is 6.56. The number of rotatable bonds is 5. The third kappa shape index (κ3) is 4.75. The zero-order valence-corrected chi connectivity index (χ0v) is 28.8. The largest absolute Gasteiger partial charge is 0.456 e. The van der Waals surface area contributed by atoms with Crippen LogP contribution in [0.1, 0.15) is 0 Å². The van der Waals surface area contributed by atoms with Gasteiger partial charge in [0.2, 0.25) is 0 Å². The molecule has 0 aliphatic rings. The van der Waals surface area contributed by atoms with Crippen molar-refractivity contribution in [3.05, 3.63) is 194 Å². The molecule has 0 amide bonds. The van der Waals surface area contributed by atoms with Crippen molar-refractivity contribution in [1.82, 2.24) is 4.57 Å². The van der Waals surface area contributed by atoms with Crippen LogP contribution in [0, 0.1) is 0 Å². The molecule has 0 N–H and O–H groups in total. The van der Waals surface area contributed by atoms with E-state index in [1.807, 2.05) is 0 Å². The molecule has 9 aromatic carbocycles. The maximum absolute atomic E-state index is 6.56. The van der Waals surface area contributed by atoms with Crippen LogP contribution < -0.4 is 4.90 Å². The minimum Gasteiger partial charge on any atom is -0.456 e. The predicted octanol–water partition coefficient (Wildman–Crippen LogP) is 14.1. The number of fused-ring (bicyclic) bond motifs is 9. The summed E-state index contributed by atoms with van der Waals surface area (Å²) in [5.74, 6) is 0. The topological polar surface area (TPSA) is 21.3 Å². The van der Waals surface area contributed by atoms with Gasteiger partial charge in [-0.2, -0.15) is 0 Å². The third-order valence-electron chi connectivity index (χ3n) is 10.7. The lowest BCUT2D eigenvalue weighted by Gasteiger charge is -2.25. The Bertz CT molecular complexity index is 3170. The lowest BCUT2D eigenvalue weighted by atomic mass is 10.0. The van der Waals surface area contributed by atoms with E-state index < -0.39 is 0 Å². The predicted molar refractivity (Wildman–Crippen MR) is 223 cm³/mol. The monoisotopic (exact) mass is 676 g/mol. The summed E-state index contributed by atoms with van der Waals surface area (Å²) in [6.07, 6.45) is 0. The molecule has 0 radical (unpaired) electrons. The van der Waals surface area contributed by atoms with Crippen LogP contribution in [0.3, 0.4) is 0 Å². The summed E-state index contributed by atoms with van der Waals surface area (Å²) in [5.41, 5.74) is 10.8. The molecule has 0 bridgehead atoms. The van der Waals surface area contributed by atoms with E-state index in [2.05, 4.69) is 204 Å². The van der Waals surface area contributed by atoms with Crippen molar-refractivity contribution in [2.75, 3.05) is 4.90 Å². The second-order valence-electron chi connectivity index (χ2n) is 13.8. The lowest BCUT2D eigenvalue weighted by molar-refractivity contribution is 0.669. The SMILES string of the molecule is c1ccc(-c2cccc(-n3c4cc(N(c5ccccc5)c5ccc6c(c5)oc5ccc7ccccc7c56)ccc4c4cc5ccccc5cc43)c2)cc1. The molecule has 0 fully saturated rings. The Morgan fingerprint density at radius 3 is 1.85 bits per heavy atom. The van der Waals surface area contributed by atoms with Gasteiger partial charge in [0, 0.05) is 50.4 Å². The summed E-state index contributed by atoms with van der Waals surface area (Å²) in [7, 11) is 0. The maximum Gasteiger partial charge on any atom is 0.137 e. The smallest absolute Gasteiger partial charge is 0.137 e. The highest BCUT2D eigenvalue weighted by Gasteiger charge is 2.20. The van der Waals surface area contributed by atoms with Crippen LogP contribution in [-0.4, -0.2) is 4.57 Å². The second kappa shape index (κ2) is 11.7. The van der Waals surface area contributed by atoms with Gasteiger partial charge in [0.05, 0.1) is 11.0 Å². The normalized spacial score (nSPS) is 11.8. The van der Waals surface area contributed by atoms with Crippen molar-refractivity contribution in [2.45, 2.75) is 0 Å². The van der Waals surface area contributed by atoms with Gasteiger partial charge in [0.15, 0.2) is 0 Å². The number of para-hydroxylation sites is 1. The standard InChI is InChI=1S/C50H32N2O/c1-3-12-33(13-4-1)35-17-11-20-39(28-35)52-46-30-37-16-8-7-15-36(37)29-45(46)43-25-23-40(31-47(43)52)51(38-18-5-2-6-19-38)41-24-26-44-49(32-41)53-48-27-22-34-14-9-10-21-42(34)50(44)48/h1-32H. The highest BCUT2D eigenvalue weighted by molar-refractivity contribution is 6.19. The number of hydrogen-bond acceptors (Lipinski definition) is 2. The number of aromatic nitrogens is 1. The fraction of sp³-hybridized carbons (Fsp3) is 0. The van der Waals surface area contributed by atoms with Gasteiger partial charge in [-0.15, -0.1) is 0 Å². The molecular formula is C50H32N2O. The van der Waals surface area contributed by atoms with Gasteiger partial charge in [-0.05, 0) is 99.4 Å². The lowest BCUT2D eigenvalue weighted by Crippen LogP contribution is -2.10. The van der Waals surface area contributed by atoms with Crippen LogP contribution in [0.4, 0.5) is 17.1 Å². The molecule has 0 saturated heterocycles. The van der Waals surface area contributed by atoms with Crippen molar-refractivity contribution < 1.29 is 4.42 Å². The van der Waals surface area contributed by atoms with E-state index in [9.17, 15) is 0 Å². The first-order valence-corrected chi connectivity index (χ1v) is 18.1. The first-order chi connectivity index (χ1) is 26.3. The van der Waals surface area contributed by atoms with Crippen LogP contribution >= 0.6 is 0 Å². The highest BCUT2D eigenvalue weighted by atomic mass is 16.3. The zero-order chi connectivity index (χ0) is 34.9. The Kier molecular flexibility index (Phi) is 6.55. The van der Waals surface area contributed by atoms with Gasteiger partial charge in [-0.3, -0.25) is 0 Å². The second-order valence-corrected chi connectivity index (χ2v) is 13.8. The summed E-state index contributed by atoms with van der Waals surface area (Å²) < 4.78 is 9.00. The summed E-state index contributed by atoms with van der Waals surface area (Å²) in [4.78, 5) is 2.34. The van der Waals surface area contributed by atoms with Gasteiger partial charge in [0.25, 0.3) is 0 Å². The molecule has 248 valence electrons. The van der Waals surface area contributed by atoms with Crippen LogP contribution in [0.25, 0.3) is 82.1 Å². The van der Waals surface area contributed by atoms with Crippen LogP contribution in [-0.2, 0) is 0 Å². The van der Waals surface area contributed by atoms with Gasteiger partial charge in [0.1, 0.15) is 11.2 Å². The van der Waals surface area contributed by atoms with E-state index in [1.54, 1.807) is 0 Å². The molecule has 11 aromatic rings. The van der Waals surface area contributed by atoms with Gasteiger partial charge < -0.3 is 13.9 Å². The summed E-state index contributed by atoms with van der Waals surface area (Å²) in [6.45, 7) is 0. The van der Waals surface area contributed by atoms with Crippen LogP contribution in [0.15, 0.2) is 199 Å². The van der Waals surface area contributed by atoms with Crippen molar-refractivity contribution in [3.8, 4) is 16.8 Å². The average molecular weight is 677 g/mol. The summed E-state index contributed by atoms with van der Waals surface area (Å²) in [5, 5.41) is 9.61. The third-order valence-corrected chi connectivity index (χ3v) is 10.7. The van der Waals surface area contributed by atoms with E-state index >= 15 is 0 Å². The van der Waals surface area contributed by atoms with E-state index in [0.717, 1.165) is 50.2 Å². The van der Waals surface area contributed by atoms with E-state index in [0.29, 0.717) is 0 Å². The van der Waals surface area contributed by atoms with E-state index in [4.69, 9.17) is 4.42 Å². The average Bonchev–Trinajstić information content (AvgIpc) is 3.75. The molecular weight excluding hydrogens is 645 g/mol. The zero-order valence-electron chi connectivity index (χ0n) is 28.8.